The van der Waals surface area contributed by atoms with Crippen LogP contribution in [0.15, 0.2) is 53.7 Å². The molecule has 6 nitrogen and oxygen atoms in total. The Bertz CT molecular complexity index is 1100. The lowest BCUT2D eigenvalue weighted by Crippen LogP contribution is -2.45. The lowest BCUT2D eigenvalue weighted by molar-refractivity contribution is -0.132. The van der Waals surface area contributed by atoms with Gasteiger partial charge in [0.25, 0.3) is 0 Å². The van der Waals surface area contributed by atoms with Gasteiger partial charge in [0, 0.05) is 18.8 Å². The Morgan fingerprint density at radius 3 is 2.39 bits per heavy atom. The standard InChI is InChI=1S/C26H32N4O2S/c1-17-10-12-21(13-11-17)30-24(22-8-6-7-9-23(22)32-5)27-28-26(30)33-20(4)25(31)29-15-18(2)14-19(3)16-29/h6-13,18-20H,14-16H2,1-5H3. The van der Waals surface area contributed by atoms with Gasteiger partial charge in [-0.1, -0.05) is 55.4 Å². The second-order valence-electron chi connectivity index (χ2n) is 9.13. The van der Waals surface area contributed by atoms with Crippen LogP contribution >= 0.6 is 11.8 Å². The van der Waals surface area contributed by atoms with Crippen LogP contribution < -0.4 is 4.74 Å². The minimum absolute atomic E-state index is 0.163. The molecule has 3 unspecified atom stereocenters. The smallest absolute Gasteiger partial charge is 0.235 e. The van der Waals surface area contributed by atoms with Gasteiger partial charge in [-0.05, 0) is 56.4 Å². The number of thioether (sulfide) groups is 1. The summed E-state index contributed by atoms with van der Waals surface area (Å²) in [7, 11) is 1.66. The van der Waals surface area contributed by atoms with E-state index >= 15 is 0 Å². The molecule has 0 N–H and O–H groups in total. The second-order valence-corrected chi connectivity index (χ2v) is 10.4. The van der Waals surface area contributed by atoms with Crippen molar-refractivity contribution in [1.82, 2.24) is 19.7 Å². The molecule has 0 aliphatic carbocycles. The van der Waals surface area contributed by atoms with Crippen molar-refractivity contribution >= 4 is 17.7 Å². The van der Waals surface area contributed by atoms with Crippen molar-refractivity contribution in [3.8, 4) is 22.8 Å². The molecule has 1 saturated heterocycles. The number of nitrogens with zero attached hydrogens (tertiary/aromatic N) is 4. The molecule has 4 rings (SSSR count). The number of piperidine rings is 1. The molecule has 0 spiro atoms. The van der Waals surface area contributed by atoms with Crippen molar-refractivity contribution in [1.29, 1.82) is 0 Å². The zero-order chi connectivity index (χ0) is 23.5. The van der Waals surface area contributed by atoms with Gasteiger partial charge in [-0.2, -0.15) is 0 Å². The molecule has 0 bridgehead atoms. The maximum absolute atomic E-state index is 13.3. The molecular weight excluding hydrogens is 432 g/mol. The topological polar surface area (TPSA) is 60.3 Å². The average molecular weight is 465 g/mol. The Kier molecular flexibility index (Phi) is 7.08. The van der Waals surface area contributed by atoms with E-state index in [2.05, 4.69) is 55.2 Å². The van der Waals surface area contributed by atoms with Crippen LogP contribution in [0.3, 0.4) is 0 Å². The largest absolute Gasteiger partial charge is 0.496 e. The van der Waals surface area contributed by atoms with E-state index in [1.54, 1.807) is 7.11 Å². The third-order valence-corrected chi connectivity index (χ3v) is 7.11. The van der Waals surface area contributed by atoms with Gasteiger partial charge in [0.1, 0.15) is 5.75 Å². The Hall–Kier alpha value is -2.80. The number of ether oxygens (including phenoxy) is 1. The lowest BCUT2D eigenvalue weighted by Gasteiger charge is -2.36. The molecule has 174 valence electrons. The number of aromatic nitrogens is 3. The minimum Gasteiger partial charge on any atom is -0.496 e. The molecule has 3 aromatic rings. The number of aryl methyl sites for hydroxylation is 1. The van der Waals surface area contributed by atoms with Gasteiger partial charge < -0.3 is 9.64 Å². The number of benzene rings is 2. The van der Waals surface area contributed by atoms with Crippen molar-refractivity contribution < 1.29 is 9.53 Å². The molecule has 3 atom stereocenters. The van der Waals surface area contributed by atoms with E-state index in [4.69, 9.17) is 4.74 Å². The maximum atomic E-state index is 13.3. The van der Waals surface area contributed by atoms with Gasteiger partial charge in [-0.15, -0.1) is 10.2 Å². The summed E-state index contributed by atoms with van der Waals surface area (Å²) in [5.74, 6) is 2.65. The van der Waals surface area contributed by atoms with Crippen LogP contribution in [0.1, 0.15) is 32.8 Å². The third-order valence-electron chi connectivity index (χ3n) is 6.08. The SMILES string of the molecule is COc1ccccc1-c1nnc(SC(C)C(=O)N2CC(C)CC(C)C2)n1-c1ccc(C)cc1. The first kappa shape index (κ1) is 23.4. The normalized spacial score (nSPS) is 19.4. The molecule has 2 aromatic carbocycles. The number of methoxy groups -OCH3 is 1. The highest BCUT2D eigenvalue weighted by atomic mass is 32.2. The van der Waals surface area contributed by atoms with Gasteiger partial charge >= 0.3 is 0 Å². The Labute approximate surface area is 200 Å². The van der Waals surface area contributed by atoms with Crippen LogP contribution in [0, 0.1) is 18.8 Å². The molecule has 7 heteroatoms. The molecule has 1 aliphatic heterocycles. The van der Waals surface area contributed by atoms with E-state index in [0.29, 0.717) is 22.8 Å². The highest BCUT2D eigenvalue weighted by Crippen LogP contribution is 2.35. The Morgan fingerprint density at radius 1 is 1.06 bits per heavy atom. The summed E-state index contributed by atoms with van der Waals surface area (Å²) in [5.41, 5.74) is 2.99. The number of hydrogen-bond donors (Lipinski definition) is 0. The predicted molar refractivity (Wildman–Crippen MR) is 133 cm³/mol. The molecule has 0 radical (unpaired) electrons. The summed E-state index contributed by atoms with van der Waals surface area (Å²) in [6, 6.07) is 16.1. The number of rotatable bonds is 6. The van der Waals surface area contributed by atoms with E-state index in [9.17, 15) is 4.79 Å². The van der Waals surface area contributed by atoms with Gasteiger partial charge in [0.2, 0.25) is 5.91 Å². The molecule has 1 fully saturated rings. The number of carbonyl (C=O) groups excluding carboxylic acids is 1. The lowest BCUT2D eigenvalue weighted by atomic mass is 9.92. The predicted octanol–water partition coefficient (Wildman–Crippen LogP) is 5.24. The Balaban J connectivity index is 1.69. The molecular formula is C26H32N4O2S. The van der Waals surface area contributed by atoms with E-state index in [1.807, 2.05) is 40.7 Å². The molecule has 1 aromatic heterocycles. The highest BCUT2D eigenvalue weighted by Gasteiger charge is 2.30. The fourth-order valence-electron chi connectivity index (χ4n) is 4.59. The molecule has 1 amide bonds. The van der Waals surface area contributed by atoms with E-state index in [-0.39, 0.29) is 11.2 Å². The van der Waals surface area contributed by atoms with Crippen molar-refractivity contribution in [3.05, 3.63) is 54.1 Å². The van der Waals surface area contributed by atoms with Crippen molar-refractivity contribution in [3.63, 3.8) is 0 Å². The van der Waals surface area contributed by atoms with Crippen LogP contribution in [-0.4, -0.2) is 51.0 Å². The molecule has 2 heterocycles. The number of amides is 1. The monoisotopic (exact) mass is 464 g/mol. The summed E-state index contributed by atoms with van der Waals surface area (Å²) in [5, 5.41) is 9.47. The number of carbonyl (C=O) groups is 1. The first-order valence-electron chi connectivity index (χ1n) is 11.5. The maximum Gasteiger partial charge on any atom is 0.235 e. The van der Waals surface area contributed by atoms with Crippen molar-refractivity contribution in [2.75, 3.05) is 20.2 Å². The zero-order valence-corrected chi connectivity index (χ0v) is 20.8. The molecule has 0 saturated carbocycles. The van der Waals surface area contributed by atoms with Gasteiger partial charge in [-0.3, -0.25) is 9.36 Å². The first-order valence-corrected chi connectivity index (χ1v) is 12.4. The third kappa shape index (κ3) is 5.08. The number of likely N-dealkylation sites (tertiary alicyclic amines) is 1. The Morgan fingerprint density at radius 2 is 1.73 bits per heavy atom. The van der Waals surface area contributed by atoms with Crippen LogP contribution in [0.4, 0.5) is 0 Å². The number of para-hydroxylation sites is 1. The zero-order valence-electron chi connectivity index (χ0n) is 20.0. The van der Waals surface area contributed by atoms with Gasteiger partial charge in [-0.25, -0.2) is 0 Å². The number of hydrogen-bond acceptors (Lipinski definition) is 5. The second kappa shape index (κ2) is 10.00. The van der Waals surface area contributed by atoms with E-state index in [1.165, 1.54) is 23.7 Å². The quantitative estimate of drug-likeness (QED) is 0.467. The summed E-state index contributed by atoms with van der Waals surface area (Å²) in [6.07, 6.45) is 1.18. The average Bonchev–Trinajstić information content (AvgIpc) is 3.21. The first-order chi connectivity index (χ1) is 15.9. The highest BCUT2D eigenvalue weighted by molar-refractivity contribution is 8.00. The van der Waals surface area contributed by atoms with Crippen LogP contribution in [0.5, 0.6) is 5.75 Å². The summed E-state index contributed by atoms with van der Waals surface area (Å²) >= 11 is 1.46. The van der Waals surface area contributed by atoms with Crippen molar-refractivity contribution in [2.45, 2.75) is 44.5 Å². The van der Waals surface area contributed by atoms with Gasteiger partial charge in [0.15, 0.2) is 11.0 Å². The van der Waals surface area contributed by atoms with Crippen LogP contribution in [0.2, 0.25) is 0 Å². The van der Waals surface area contributed by atoms with Crippen LogP contribution in [0.25, 0.3) is 17.1 Å². The molecule has 1 aliphatic rings. The van der Waals surface area contributed by atoms with E-state index < -0.39 is 0 Å². The summed E-state index contributed by atoms with van der Waals surface area (Å²) < 4.78 is 7.61. The van der Waals surface area contributed by atoms with E-state index in [0.717, 1.165) is 30.1 Å². The summed E-state index contributed by atoms with van der Waals surface area (Å²) in [6.45, 7) is 10.1. The van der Waals surface area contributed by atoms with Gasteiger partial charge in [0.05, 0.1) is 17.9 Å². The van der Waals surface area contributed by atoms with Crippen LogP contribution in [-0.2, 0) is 4.79 Å². The minimum atomic E-state index is -0.263. The van der Waals surface area contributed by atoms with Crippen molar-refractivity contribution in [2.24, 2.45) is 11.8 Å². The molecule has 33 heavy (non-hydrogen) atoms. The fraction of sp³-hybridized carbons (Fsp3) is 0.423. The fourth-order valence-corrected chi connectivity index (χ4v) is 5.54. The summed E-state index contributed by atoms with van der Waals surface area (Å²) in [4.78, 5) is 15.3.